The van der Waals surface area contributed by atoms with Gasteiger partial charge in [0.1, 0.15) is 0 Å². The highest BCUT2D eigenvalue weighted by Crippen LogP contribution is 2.36. The molecule has 1 N–H and O–H groups in total. The van der Waals surface area contributed by atoms with Crippen molar-refractivity contribution in [3.63, 3.8) is 0 Å². The number of rotatable bonds is 1. The van der Waals surface area contributed by atoms with Crippen LogP contribution in [0.3, 0.4) is 0 Å². The van der Waals surface area contributed by atoms with E-state index in [-0.39, 0.29) is 0 Å². The summed E-state index contributed by atoms with van der Waals surface area (Å²) in [6, 6.07) is 37.1. The predicted molar refractivity (Wildman–Crippen MR) is 128 cm³/mol. The van der Waals surface area contributed by atoms with Crippen molar-refractivity contribution in [2.45, 2.75) is 0 Å². The summed E-state index contributed by atoms with van der Waals surface area (Å²) in [4.78, 5) is 3.61. The van der Waals surface area contributed by atoms with Crippen LogP contribution in [0.25, 0.3) is 60.1 Å². The van der Waals surface area contributed by atoms with Gasteiger partial charge in [0.05, 0.1) is 11.0 Å². The number of H-pyrrole nitrogens is 1. The van der Waals surface area contributed by atoms with Gasteiger partial charge in [-0.2, -0.15) is 0 Å². The summed E-state index contributed by atoms with van der Waals surface area (Å²) in [5, 5.41) is 7.70. The predicted octanol–water partition coefficient (Wildman–Crippen LogP) is 7.57. The van der Waals surface area contributed by atoms with Gasteiger partial charge in [-0.15, -0.1) is 0 Å². The van der Waals surface area contributed by atoms with Crippen LogP contribution >= 0.6 is 0 Å². The summed E-state index contributed by atoms with van der Waals surface area (Å²) in [6.07, 6.45) is 0. The van der Waals surface area contributed by atoms with Crippen LogP contribution in [0.5, 0.6) is 0 Å². The summed E-state index contributed by atoms with van der Waals surface area (Å²) < 4.78 is 2.38. The Morgan fingerprint density at radius 3 is 1.90 bits per heavy atom. The van der Waals surface area contributed by atoms with E-state index in [0.717, 1.165) is 0 Å². The van der Waals surface area contributed by atoms with E-state index >= 15 is 0 Å². The van der Waals surface area contributed by atoms with Crippen molar-refractivity contribution in [2.24, 2.45) is 0 Å². The first kappa shape index (κ1) is 15.8. The maximum atomic E-state index is 3.61. The van der Waals surface area contributed by atoms with E-state index in [1.54, 1.807) is 0 Å². The number of benzene rings is 5. The Morgan fingerprint density at radius 1 is 0.500 bits per heavy atom. The van der Waals surface area contributed by atoms with Crippen LogP contribution < -0.4 is 0 Å². The van der Waals surface area contributed by atoms with Gasteiger partial charge in [0.25, 0.3) is 0 Å². The fraction of sp³-hybridized carbons (Fsp3) is 0. The van der Waals surface area contributed by atoms with Crippen molar-refractivity contribution in [1.29, 1.82) is 0 Å². The molecule has 2 heteroatoms. The van der Waals surface area contributed by atoms with Crippen molar-refractivity contribution in [1.82, 2.24) is 9.55 Å². The highest BCUT2D eigenvalue weighted by Gasteiger charge is 2.14. The molecule has 2 nitrogen and oxygen atoms in total. The molecule has 0 unspecified atom stereocenters. The Morgan fingerprint density at radius 2 is 1.13 bits per heavy atom. The lowest BCUT2D eigenvalue weighted by Crippen LogP contribution is -1.93. The third kappa shape index (κ3) is 2.03. The highest BCUT2D eigenvalue weighted by atomic mass is 15.0. The van der Waals surface area contributed by atoms with Crippen molar-refractivity contribution in [2.75, 3.05) is 0 Å². The summed E-state index contributed by atoms with van der Waals surface area (Å²) in [7, 11) is 0. The molecule has 0 saturated carbocycles. The molecule has 7 aromatic rings. The number of aromatic amines is 1. The number of aromatic nitrogens is 2. The van der Waals surface area contributed by atoms with Crippen LogP contribution in [0.2, 0.25) is 0 Å². The molecular weight excluding hydrogens is 364 g/mol. The third-order valence-corrected chi connectivity index (χ3v) is 6.31. The van der Waals surface area contributed by atoms with E-state index in [9.17, 15) is 0 Å². The SMILES string of the molecule is c1ccc2c(c1)ccc1[nH]c3ccc(-n4c5ccccc5c5ccccc54)cc3c12. The number of nitrogens with one attached hydrogen (secondary N) is 1. The first-order valence-corrected chi connectivity index (χ1v) is 10.3. The number of nitrogens with zero attached hydrogens (tertiary/aromatic N) is 1. The average molecular weight is 382 g/mol. The van der Waals surface area contributed by atoms with Crippen LogP contribution in [-0.4, -0.2) is 9.55 Å². The van der Waals surface area contributed by atoms with E-state index < -0.39 is 0 Å². The summed E-state index contributed by atoms with van der Waals surface area (Å²) >= 11 is 0. The number of hydrogen-bond acceptors (Lipinski definition) is 0. The van der Waals surface area contributed by atoms with Gasteiger partial charge in [-0.1, -0.05) is 66.7 Å². The number of fused-ring (bicyclic) bond motifs is 8. The molecule has 0 aliphatic heterocycles. The van der Waals surface area contributed by atoms with Crippen LogP contribution in [-0.2, 0) is 0 Å². The fourth-order valence-corrected chi connectivity index (χ4v) is 5.00. The molecule has 0 saturated heterocycles. The normalized spacial score (nSPS) is 12.0. The van der Waals surface area contributed by atoms with Gasteiger partial charge in [-0.3, -0.25) is 0 Å². The van der Waals surface area contributed by atoms with Crippen LogP contribution in [0.1, 0.15) is 0 Å². The fourth-order valence-electron chi connectivity index (χ4n) is 5.00. The minimum absolute atomic E-state index is 1.17. The Kier molecular flexibility index (Phi) is 3.03. The molecule has 0 bridgehead atoms. The molecule has 140 valence electrons. The lowest BCUT2D eigenvalue weighted by Gasteiger charge is -2.08. The monoisotopic (exact) mass is 382 g/mol. The quantitative estimate of drug-likeness (QED) is 0.302. The van der Waals surface area contributed by atoms with Gasteiger partial charge in [-0.25, -0.2) is 0 Å². The van der Waals surface area contributed by atoms with Crippen molar-refractivity contribution in [3.8, 4) is 5.69 Å². The Labute approximate surface area is 173 Å². The Balaban J connectivity index is 1.63. The molecule has 7 rings (SSSR count). The zero-order valence-corrected chi connectivity index (χ0v) is 16.3. The van der Waals surface area contributed by atoms with E-state index in [1.807, 2.05) is 0 Å². The molecule has 0 atom stereocenters. The van der Waals surface area contributed by atoms with Gasteiger partial charge in [0.2, 0.25) is 0 Å². The van der Waals surface area contributed by atoms with Crippen LogP contribution in [0, 0.1) is 0 Å². The van der Waals surface area contributed by atoms with Crippen LogP contribution in [0.4, 0.5) is 0 Å². The summed E-state index contributed by atoms with van der Waals surface area (Å²) in [5.41, 5.74) is 6.02. The lowest BCUT2D eigenvalue weighted by molar-refractivity contribution is 1.19. The van der Waals surface area contributed by atoms with E-state index in [1.165, 1.54) is 60.1 Å². The molecule has 2 heterocycles. The van der Waals surface area contributed by atoms with Gasteiger partial charge in [0.15, 0.2) is 0 Å². The molecule has 0 aliphatic rings. The average Bonchev–Trinajstić information content (AvgIpc) is 3.34. The smallest absolute Gasteiger partial charge is 0.0541 e. The second kappa shape index (κ2) is 5.74. The highest BCUT2D eigenvalue weighted by molar-refractivity contribution is 6.20. The molecule has 0 radical (unpaired) electrons. The molecule has 0 spiro atoms. The van der Waals surface area contributed by atoms with Gasteiger partial charge in [-0.05, 0) is 47.2 Å². The van der Waals surface area contributed by atoms with Crippen molar-refractivity contribution < 1.29 is 0 Å². The number of para-hydroxylation sites is 2. The summed E-state index contributed by atoms with van der Waals surface area (Å²) in [5.74, 6) is 0. The van der Waals surface area contributed by atoms with Gasteiger partial charge < -0.3 is 9.55 Å². The topological polar surface area (TPSA) is 20.7 Å². The zero-order valence-electron chi connectivity index (χ0n) is 16.3. The van der Waals surface area contributed by atoms with E-state index in [2.05, 4.69) is 113 Å². The standard InChI is InChI=1S/C28H18N2/c1-2-8-20-18(7-1)13-15-25-28(20)23-17-19(14-16-24(23)29-25)30-26-11-5-3-9-21(26)22-10-4-6-12-27(22)30/h1-17,29H. The molecule has 30 heavy (non-hydrogen) atoms. The molecule has 5 aromatic carbocycles. The Bertz CT molecular complexity index is 1690. The van der Waals surface area contributed by atoms with E-state index in [4.69, 9.17) is 0 Å². The van der Waals surface area contributed by atoms with E-state index in [0.29, 0.717) is 0 Å². The molecular formula is C28H18N2. The second-order valence-electron chi connectivity index (χ2n) is 7.93. The first-order valence-electron chi connectivity index (χ1n) is 10.3. The first-order chi connectivity index (χ1) is 14.9. The minimum Gasteiger partial charge on any atom is -0.354 e. The molecule has 0 amide bonds. The van der Waals surface area contributed by atoms with Gasteiger partial charge in [0, 0.05) is 38.3 Å². The Hall–Kier alpha value is -4.04. The molecule has 0 aliphatic carbocycles. The lowest BCUT2D eigenvalue weighted by atomic mass is 10.0. The second-order valence-corrected chi connectivity index (χ2v) is 7.93. The molecule has 0 fully saturated rings. The van der Waals surface area contributed by atoms with Crippen LogP contribution in [0.15, 0.2) is 103 Å². The minimum atomic E-state index is 1.17. The third-order valence-electron chi connectivity index (χ3n) is 6.31. The maximum Gasteiger partial charge on any atom is 0.0541 e. The number of hydrogen-bond donors (Lipinski definition) is 1. The van der Waals surface area contributed by atoms with Crippen molar-refractivity contribution in [3.05, 3.63) is 103 Å². The van der Waals surface area contributed by atoms with Gasteiger partial charge >= 0.3 is 0 Å². The van der Waals surface area contributed by atoms with Crippen molar-refractivity contribution >= 4 is 54.4 Å². The maximum absolute atomic E-state index is 3.61. The molecule has 2 aromatic heterocycles. The zero-order chi connectivity index (χ0) is 19.7. The largest absolute Gasteiger partial charge is 0.354 e. The summed E-state index contributed by atoms with van der Waals surface area (Å²) in [6.45, 7) is 0.